The number of rotatable bonds is 5. The van der Waals surface area contributed by atoms with E-state index in [1.165, 1.54) is 25.0 Å². The first-order chi connectivity index (χ1) is 10.5. The molecule has 0 atom stereocenters. The number of carbonyl (C=O) groups excluding carboxylic acids is 1. The number of carbonyl (C=O) groups is 1. The Morgan fingerprint density at radius 2 is 1.86 bits per heavy atom. The van der Waals surface area contributed by atoms with Gasteiger partial charge < -0.3 is 5.32 Å². The maximum Gasteiger partial charge on any atom is 0.269 e. The predicted octanol–water partition coefficient (Wildman–Crippen LogP) is 3.04. The van der Waals surface area contributed by atoms with Gasteiger partial charge in [0.15, 0.2) is 0 Å². The first-order valence-electron chi connectivity index (χ1n) is 7.70. The average Bonchev–Trinajstić information content (AvgIpc) is 2.48. The number of nitro benzene ring substituents is 1. The molecule has 120 valence electrons. The van der Waals surface area contributed by atoms with Gasteiger partial charge in [0.05, 0.1) is 11.5 Å². The van der Waals surface area contributed by atoms with E-state index < -0.39 is 4.92 Å². The number of hydrogen-bond acceptors (Lipinski definition) is 4. The highest BCUT2D eigenvalue weighted by Gasteiger charge is 2.22. The Labute approximate surface area is 130 Å². The molecular weight excluding hydrogens is 282 g/mol. The number of amides is 1. The number of nitro groups is 1. The Kier molecular flexibility index (Phi) is 5.49. The zero-order valence-corrected chi connectivity index (χ0v) is 13.1. The van der Waals surface area contributed by atoms with Gasteiger partial charge in [0.2, 0.25) is 5.91 Å². The molecule has 1 aromatic carbocycles. The van der Waals surface area contributed by atoms with Crippen molar-refractivity contribution in [3.8, 4) is 0 Å². The summed E-state index contributed by atoms with van der Waals surface area (Å²) in [5, 5.41) is 13.4. The number of non-ortho nitro benzene ring substituents is 1. The second-order valence-electron chi connectivity index (χ2n) is 6.18. The highest BCUT2D eigenvalue weighted by atomic mass is 16.6. The first kappa shape index (κ1) is 16.4. The van der Waals surface area contributed by atoms with E-state index in [2.05, 4.69) is 17.1 Å². The average molecular weight is 305 g/mol. The SMILES string of the molecule is CC1CCC(N(C)CC(=O)Nc2ccc([N+](=O)[O-])cc2)CC1. The van der Waals surface area contributed by atoms with Gasteiger partial charge in [0, 0.05) is 23.9 Å². The summed E-state index contributed by atoms with van der Waals surface area (Å²) in [4.78, 5) is 24.3. The molecule has 0 radical (unpaired) electrons. The van der Waals surface area contributed by atoms with Gasteiger partial charge in [-0.1, -0.05) is 6.92 Å². The van der Waals surface area contributed by atoms with Crippen LogP contribution in [0.15, 0.2) is 24.3 Å². The molecule has 1 fully saturated rings. The van der Waals surface area contributed by atoms with Crippen molar-refractivity contribution in [1.29, 1.82) is 0 Å². The van der Waals surface area contributed by atoms with E-state index in [4.69, 9.17) is 0 Å². The summed E-state index contributed by atoms with van der Waals surface area (Å²) in [6.07, 6.45) is 4.73. The van der Waals surface area contributed by atoms with E-state index in [9.17, 15) is 14.9 Å². The fourth-order valence-electron chi connectivity index (χ4n) is 2.91. The highest BCUT2D eigenvalue weighted by molar-refractivity contribution is 5.92. The number of nitrogens with one attached hydrogen (secondary N) is 1. The maximum atomic E-state index is 12.1. The van der Waals surface area contributed by atoms with Crippen LogP contribution >= 0.6 is 0 Å². The van der Waals surface area contributed by atoms with Gasteiger partial charge in [0.1, 0.15) is 0 Å². The number of likely N-dealkylation sites (N-methyl/N-ethyl adjacent to an activating group) is 1. The fraction of sp³-hybridized carbons (Fsp3) is 0.562. The summed E-state index contributed by atoms with van der Waals surface area (Å²) < 4.78 is 0. The van der Waals surface area contributed by atoms with Crippen molar-refractivity contribution in [2.75, 3.05) is 18.9 Å². The van der Waals surface area contributed by atoms with Crippen molar-refractivity contribution in [3.05, 3.63) is 34.4 Å². The Balaban J connectivity index is 1.83. The van der Waals surface area contributed by atoms with Crippen LogP contribution in [0.4, 0.5) is 11.4 Å². The first-order valence-corrected chi connectivity index (χ1v) is 7.70. The molecule has 1 aliphatic rings. The van der Waals surface area contributed by atoms with E-state index in [1.807, 2.05) is 7.05 Å². The van der Waals surface area contributed by atoms with E-state index in [1.54, 1.807) is 12.1 Å². The minimum absolute atomic E-state index is 0.0199. The molecule has 6 heteroatoms. The third kappa shape index (κ3) is 4.53. The Morgan fingerprint density at radius 3 is 2.41 bits per heavy atom. The van der Waals surface area contributed by atoms with E-state index >= 15 is 0 Å². The van der Waals surface area contributed by atoms with E-state index in [0.29, 0.717) is 18.3 Å². The summed E-state index contributed by atoms with van der Waals surface area (Å²) in [6.45, 7) is 2.62. The van der Waals surface area contributed by atoms with E-state index in [-0.39, 0.29) is 11.6 Å². The molecule has 2 rings (SSSR count). The third-order valence-electron chi connectivity index (χ3n) is 4.36. The molecule has 0 unspecified atom stereocenters. The smallest absolute Gasteiger partial charge is 0.269 e. The van der Waals surface area contributed by atoms with Gasteiger partial charge in [-0.25, -0.2) is 0 Å². The molecule has 0 heterocycles. The molecule has 1 N–H and O–H groups in total. The zero-order chi connectivity index (χ0) is 16.1. The second kappa shape index (κ2) is 7.35. The quantitative estimate of drug-likeness (QED) is 0.670. The summed E-state index contributed by atoms with van der Waals surface area (Å²) in [7, 11) is 1.98. The third-order valence-corrected chi connectivity index (χ3v) is 4.36. The molecule has 0 spiro atoms. The predicted molar refractivity (Wildman–Crippen MR) is 85.8 cm³/mol. The van der Waals surface area contributed by atoms with Gasteiger partial charge in [-0.3, -0.25) is 19.8 Å². The van der Waals surface area contributed by atoms with Crippen LogP contribution in [-0.4, -0.2) is 35.4 Å². The number of anilines is 1. The lowest BCUT2D eigenvalue weighted by molar-refractivity contribution is -0.384. The lowest BCUT2D eigenvalue weighted by atomic mass is 9.87. The minimum Gasteiger partial charge on any atom is -0.325 e. The molecule has 1 aliphatic carbocycles. The standard InChI is InChI=1S/C16H23N3O3/c1-12-3-7-14(8-4-12)18(2)11-16(20)17-13-5-9-15(10-6-13)19(21)22/h5-6,9-10,12,14H,3-4,7-8,11H2,1-2H3,(H,17,20). The van der Waals surface area contributed by atoms with Crippen LogP contribution in [0.3, 0.4) is 0 Å². The molecule has 0 aliphatic heterocycles. The second-order valence-corrected chi connectivity index (χ2v) is 6.18. The van der Waals surface area contributed by atoms with Crippen LogP contribution in [0.1, 0.15) is 32.6 Å². The number of hydrogen-bond donors (Lipinski definition) is 1. The normalized spacial score (nSPS) is 21.6. The lowest BCUT2D eigenvalue weighted by Gasteiger charge is -2.33. The van der Waals surface area contributed by atoms with Crippen molar-refractivity contribution in [3.63, 3.8) is 0 Å². The number of benzene rings is 1. The van der Waals surface area contributed by atoms with Crippen molar-refractivity contribution in [1.82, 2.24) is 4.90 Å². The van der Waals surface area contributed by atoms with Crippen LogP contribution in [0.2, 0.25) is 0 Å². The van der Waals surface area contributed by atoms with Crippen LogP contribution < -0.4 is 5.32 Å². The minimum atomic E-state index is -0.455. The fourth-order valence-corrected chi connectivity index (χ4v) is 2.91. The monoisotopic (exact) mass is 305 g/mol. The van der Waals surface area contributed by atoms with Crippen LogP contribution in [0.25, 0.3) is 0 Å². The molecule has 0 saturated heterocycles. The summed E-state index contributed by atoms with van der Waals surface area (Å²) in [5.74, 6) is 0.702. The van der Waals surface area contributed by atoms with Crippen molar-refractivity contribution in [2.45, 2.75) is 38.6 Å². The topological polar surface area (TPSA) is 75.5 Å². The molecule has 1 saturated carbocycles. The Bertz CT molecular complexity index is 522. The molecule has 6 nitrogen and oxygen atoms in total. The molecule has 1 aromatic rings. The van der Waals surface area contributed by atoms with Gasteiger partial charge in [-0.05, 0) is 50.8 Å². The highest BCUT2D eigenvalue weighted by Crippen LogP contribution is 2.26. The van der Waals surface area contributed by atoms with Crippen LogP contribution in [-0.2, 0) is 4.79 Å². The number of nitrogens with zero attached hydrogens (tertiary/aromatic N) is 2. The molecule has 1 amide bonds. The Morgan fingerprint density at radius 1 is 1.27 bits per heavy atom. The van der Waals surface area contributed by atoms with Crippen LogP contribution in [0, 0.1) is 16.0 Å². The lowest BCUT2D eigenvalue weighted by Crippen LogP contribution is -2.39. The molecular formula is C16H23N3O3. The van der Waals surface area contributed by atoms with Crippen molar-refractivity contribution < 1.29 is 9.72 Å². The molecule has 0 bridgehead atoms. The van der Waals surface area contributed by atoms with Crippen molar-refractivity contribution in [2.24, 2.45) is 5.92 Å². The summed E-state index contributed by atoms with van der Waals surface area (Å²) in [5.41, 5.74) is 0.604. The van der Waals surface area contributed by atoms with Gasteiger partial charge in [0.25, 0.3) is 5.69 Å². The summed E-state index contributed by atoms with van der Waals surface area (Å²) >= 11 is 0. The Hall–Kier alpha value is -1.95. The summed E-state index contributed by atoms with van der Waals surface area (Å²) in [6, 6.07) is 6.36. The molecule has 22 heavy (non-hydrogen) atoms. The van der Waals surface area contributed by atoms with E-state index in [0.717, 1.165) is 18.8 Å². The van der Waals surface area contributed by atoms with Gasteiger partial charge in [-0.15, -0.1) is 0 Å². The van der Waals surface area contributed by atoms with Crippen LogP contribution in [0.5, 0.6) is 0 Å². The van der Waals surface area contributed by atoms with Crippen molar-refractivity contribution >= 4 is 17.3 Å². The molecule has 0 aromatic heterocycles. The van der Waals surface area contributed by atoms with Gasteiger partial charge >= 0.3 is 0 Å². The van der Waals surface area contributed by atoms with Gasteiger partial charge in [-0.2, -0.15) is 0 Å². The zero-order valence-electron chi connectivity index (χ0n) is 13.1. The largest absolute Gasteiger partial charge is 0.325 e. The maximum absolute atomic E-state index is 12.1.